The molecule has 22 heavy (non-hydrogen) atoms. The van der Waals surface area contributed by atoms with Gasteiger partial charge in [0.05, 0.1) is 0 Å². The van der Waals surface area contributed by atoms with Crippen molar-refractivity contribution in [2.24, 2.45) is 5.92 Å². The Hall–Kier alpha value is -1.06. The summed E-state index contributed by atoms with van der Waals surface area (Å²) in [7, 11) is 0. The zero-order valence-corrected chi connectivity index (χ0v) is 14.1. The molecule has 0 heterocycles. The van der Waals surface area contributed by atoms with Gasteiger partial charge in [0.1, 0.15) is 0 Å². The maximum Gasteiger partial charge on any atom is 0.303 e. The van der Waals surface area contributed by atoms with Gasteiger partial charge in [0.15, 0.2) is 0 Å². The van der Waals surface area contributed by atoms with E-state index in [1.807, 2.05) is 6.92 Å². The molecule has 0 bridgehead atoms. The third kappa shape index (κ3) is 9.80. The first-order valence-electron chi connectivity index (χ1n) is 9.09. The van der Waals surface area contributed by atoms with Crippen LogP contribution in [-0.4, -0.2) is 23.0 Å². The Morgan fingerprint density at radius 2 is 1.36 bits per heavy atom. The average Bonchev–Trinajstić information content (AvgIpc) is 2.40. The summed E-state index contributed by atoms with van der Waals surface area (Å²) in [5.74, 6) is -0.902. The van der Waals surface area contributed by atoms with E-state index >= 15 is 0 Å². The van der Waals surface area contributed by atoms with Gasteiger partial charge in [-0.25, -0.2) is 0 Å². The van der Waals surface area contributed by atoms with E-state index in [9.17, 15) is 9.59 Å². The Kier molecular flexibility index (Phi) is 9.93. The van der Waals surface area contributed by atoms with E-state index in [-0.39, 0.29) is 24.3 Å². The van der Waals surface area contributed by atoms with Crippen LogP contribution in [0.25, 0.3) is 0 Å². The molecule has 0 saturated heterocycles. The van der Waals surface area contributed by atoms with Gasteiger partial charge in [-0.15, -0.1) is 0 Å². The minimum Gasteiger partial charge on any atom is -0.481 e. The Bertz CT molecular complexity index is 318. The lowest BCUT2D eigenvalue weighted by molar-refractivity contribution is -0.138. The predicted molar refractivity (Wildman–Crippen MR) is 88.8 cm³/mol. The Balaban J connectivity index is 2.34. The van der Waals surface area contributed by atoms with Crippen LogP contribution in [0.5, 0.6) is 0 Å². The molecule has 1 saturated carbocycles. The Labute approximate surface area is 135 Å². The standard InChI is InChI=1S/C18H33NO3/c1-15(14-18(21)22)13-17(20)19-16-11-9-7-5-3-2-4-6-8-10-12-16/h15-16H,2-14H2,1H3,(H,19,20)(H,21,22)/t15-/m1/s1. The van der Waals surface area contributed by atoms with Crippen LogP contribution in [0.1, 0.15) is 90.4 Å². The Morgan fingerprint density at radius 1 is 0.909 bits per heavy atom. The molecule has 0 spiro atoms. The number of carboxylic acid groups (broad SMARTS) is 1. The second-order valence-electron chi connectivity index (χ2n) is 6.93. The maximum atomic E-state index is 12.1. The summed E-state index contributed by atoms with van der Waals surface area (Å²) in [6.07, 6.45) is 14.1. The molecule has 1 fully saturated rings. The fourth-order valence-corrected chi connectivity index (χ4v) is 3.28. The summed E-state index contributed by atoms with van der Waals surface area (Å²) in [6.45, 7) is 1.83. The molecule has 2 N–H and O–H groups in total. The molecule has 1 aliphatic rings. The van der Waals surface area contributed by atoms with Crippen molar-refractivity contribution in [3.63, 3.8) is 0 Å². The number of amides is 1. The van der Waals surface area contributed by atoms with Crippen molar-refractivity contribution < 1.29 is 14.7 Å². The maximum absolute atomic E-state index is 12.1. The van der Waals surface area contributed by atoms with Crippen molar-refractivity contribution >= 4 is 11.9 Å². The van der Waals surface area contributed by atoms with Crippen LogP contribution < -0.4 is 5.32 Å². The molecule has 4 nitrogen and oxygen atoms in total. The third-order valence-corrected chi connectivity index (χ3v) is 4.53. The molecule has 1 aliphatic carbocycles. The zero-order chi connectivity index (χ0) is 16.2. The highest BCUT2D eigenvalue weighted by atomic mass is 16.4. The quantitative estimate of drug-likeness (QED) is 0.796. The first-order chi connectivity index (χ1) is 10.6. The third-order valence-electron chi connectivity index (χ3n) is 4.53. The van der Waals surface area contributed by atoms with Crippen LogP contribution in [-0.2, 0) is 9.59 Å². The molecule has 1 rings (SSSR count). The first kappa shape index (κ1) is 19.0. The fraction of sp³-hybridized carbons (Fsp3) is 0.889. The average molecular weight is 311 g/mol. The number of rotatable bonds is 5. The number of hydrogen-bond donors (Lipinski definition) is 2. The molecule has 0 aromatic rings. The molecule has 128 valence electrons. The number of carbonyl (C=O) groups is 2. The smallest absolute Gasteiger partial charge is 0.303 e. The van der Waals surface area contributed by atoms with E-state index in [1.165, 1.54) is 57.8 Å². The highest BCUT2D eigenvalue weighted by molar-refractivity contribution is 5.77. The zero-order valence-electron chi connectivity index (χ0n) is 14.1. The van der Waals surface area contributed by atoms with E-state index in [2.05, 4.69) is 5.32 Å². The SMILES string of the molecule is C[C@@H](CC(=O)O)CC(=O)NC1CCCCCCCCCCC1. The van der Waals surface area contributed by atoms with E-state index in [0.717, 1.165) is 12.8 Å². The van der Waals surface area contributed by atoms with Gasteiger partial charge in [-0.1, -0.05) is 64.7 Å². The van der Waals surface area contributed by atoms with Crippen molar-refractivity contribution in [3.8, 4) is 0 Å². The summed E-state index contributed by atoms with van der Waals surface area (Å²) in [4.78, 5) is 22.7. The number of carboxylic acids is 1. The van der Waals surface area contributed by atoms with Crippen LogP contribution in [0.15, 0.2) is 0 Å². The lowest BCUT2D eigenvalue weighted by Gasteiger charge is -2.20. The topological polar surface area (TPSA) is 66.4 Å². The minimum atomic E-state index is -0.827. The monoisotopic (exact) mass is 311 g/mol. The summed E-state index contributed by atoms with van der Waals surface area (Å²) in [6, 6.07) is 0.281. The predicted octanol–water partition coefficient (Wildman–Crippen LogP) is 4.28. The lowest BCUT2D eigenvalue weighted by atomic mass is 9.97. The van der Waals surface area contributed by atoms with Gasteiger partial charge in [-0.3, -0.25) is 9.59 Å². The number of carbonyl (C=O) groups excluding carboxylic acids is 1. The minimum absolute atomic E-state index is 0.0193. The van der Waals surface area contributed by atoms with E-state index in [0.29, 0.717) is 6.42 Å². The fourth-order valence-electron chi connectivity index (χ4n) is 3.28. The van der Waals surface area contributed by atoms with E-state index < -0.39 is 5.97 Å². The van der Waals surface area contributed by atoms with Crippen LogP contribution >= 0.6 is 0 Å². The van der Waals surface area contributed by atoms with Crippen LogP contribution in [0.2, 0.25) is 0 Å². The molecular formula is C18H33NO3. The second kappa shape index (κ2) is 11.5. The Morgan fingerprint density at radius 3 is 1.82 bits per heavy atom. The van der Waals surface area contributed by atoms with Gasteiger partial charge < -0.3 is 10.4 Å². The molecule has 4 heteroatoms. The van der Waals surface area contributed by atoms with Gasteiger partial charge in [0.2, 0.25) is 5.91 Å². The first-order valence-corrected chi connectivity index (χ1v) is 9.09. The van der Waals surface area contributed by atoms with E-state index in [1.54, 1.807) is 0 Å². The molecule has 1 atom stereocenters. The van der Waals surface area contributed by atoms with Crippen molar-refractivity contribution in [3.05, 3.63) is 0 Å². The summed E-state index contributed by atoms with van der Waals surface area (Å²) in [5.41, 5.74) is 0. The highest BCUT2D eigenvalue weighted by Gasteiger charge is 2.16. The number of aliphatic carboxylic acids is 1. The van der Waals surface area contributed by atoms with E-state index in [4.69, 9.17) is 5.11 Å². The molecular weight excluding hydrogens is 278 g/mol. The van der Waals surface area contributed by atoms with Crippen molar-refractivity contribution in [2.45, 2.75) is 96.4 Å². The molecule has 1 amide bonds. The molecule has 0 radical (unpaired) electrons. The van der Waals surface area contributed by atoms with Gasteiger partial charge in [-0.05, 0) is 18.8 Å². The number of nitrogens with one attached hydrogen (secondary N) is 1. The van der Waals surface area contributed by atoms with Crippen molar-refractivity contribution in [1.29, 1.82) is 0 Å². The molecule has 0 aromatic carbocycles. The van der Waals surface area contributed by atoms with Crippen LogP contribution in [0.4, 0.5) is 0 Å². The van der Waals surface area contributed by atoms with Crippen molar-refractivity contribution in [2.75, 3.05) is 0 Å². The van der Waals surface area contributed by atoms with Gasteiger partial charge in [0, 0.05) is 18.9 Å². The van der Waals surface area contributed by atoms with Gasteiger partial charge in [-0.2, -0.15) is 0 Å². The number of hydrogen-bond acceptors (Lipinski definition) is 2. The molecule has 0 aliphatic heterocycles. The van der Waals surface area contributed by atoms with Gasteiger partial charge in [0.25, 0.3) is 0 Å². The summed E-state index contributed by atoms with van der Waals surface area (Å²) in [5, 5.41) is 11.9. The largest absolute Gasteiger partial charge is 0.481 e. The summed E-state index contributed by atoms with van der Waals surface area (Å²) >= 11 is 0. The second-order valence-corrected chi connectivity index (χ2v) is 6.93. The summed E-state index contributed by atoms with van der Waals surface area (Å²) < 4.78 is 0. The van der Waals surface area contributed by atoms with Gasteiger partial charge >= 0.3 is 5.97 Å². The highest BCUT2D eigenvalue weighted by Crippen LogP contribution is 2.17. The molecule has 0 unspecified atom stereocenters. The van der Waals surface area contributed by atoms with Crippen molar-refractivity contribution in [1.82, 2.24) is 5.32 Å². The van der Waals surface area contributed by atoms with Crippen LogP contribution in [0.3, 0.4) is 0 Å². The lowest BCUT2D eigenvalue weighted by Crippen LogP contribution is -2.35. The normalized spacial score (nSPS) is 20.4. The molecule has 0 aromatic heterocycles. The van der Waals surface area contributed by atoms with Crippen LogP contribution in [0, 0.1) is 5.92 Å².